The van der Waals surface area contributed by atoms with Crippen molar-refractivity contribution in [1.29, 1.82) is 0 Å². The average molecular weight is 1080 g/mol. The van der Waals surface area contributed by atoms with Crippen LogP contribution < -0.4 is 4.46 Å². The summed E-state index contributed by atoms with van der Waals surface area (Å²) in [7, 11) is 0. The molecular formula is C66H77ISe. The van der Waals surface area contributed by atoms with Gasteiger partial charge in [-0.05, 0) is 0 Å². The van der Waals surface area contributed by atoms with Crippen molar-refractivity contribution in [3.8, 4) is 66.8 Å². The van der Waals surface area contributed by atoms with Gasteiger partial charge in [-0.2, -0.15) is 0 Å². The predicted octanol–water partition coefficient (Wildman–Crippen LogP) is 20.4. The molecule has 0 unspecified atom stereocenters. The topological polar surface area (TPSA) is 0 Å². The van der Waals surface area contributed by atoms with Crippen molar-refractivity contribution < 1.29 is 0 Å². The van der Waals surface area contributed by atoms with Gasteiger partial charge in [0.1, 0.15) is 0 Å². The fourth-order valence-electron chi connectivity index (χ4n) is 10.7. The van der Waals surface area contributed by atoms with Crippen LogP contribution in [0.15, 0.2) is 127 Å². The number of hydrogen-bond donors (Lipinski definition) is 0. The quantitative estimate of drug-likeness (QED) is 0.0709. The van der Waals surface area contributed by atoms with E-state index in [1.165, 1.54) is 116 Å². The molecule has 0 bridgehead atoms. The summed E-state index contributed by atoms with van der Waals surface area (Å²) in [6, 6.07) is 50.7. The molecule has 68 heavy (non-hydrogen) atoms. The van der Waals surface area contributed by atoms with Crippen LogP contribution in [0.2, 0.25) is 0 Å². The van der Waals surface area contributed by atoms with Gasteiger partial charge in [-0.15, -0.1) is 0 Å². The molecule has 0 aliphatic heterocycles. The summed E-state index contributed by atoms with van der Waals surface area (Å²) < 4.78 is 1.40. The first-order chi connectivity index (χ1) is 32.3. The average Bonchev–Trinajstić information content (AvgIpc) is 3.32. The van der Waals surface area contributed by atoms with E-state index in [1.807, 2.05) is 0 Å². The molecule has 2 heteroatoms. The third-order valence-electron chi connectivity index (χ3n) is 14.2. The standard InChI is InChI=1S/C66H77ISe/c1-38(2)55-21-17-22-56(39(3)4)63(55)50-30-46(31-51(34-50)64-57(40(5)6)23-18-24-58(64)41(7)8)48-29-49(37-54(36-48)68-67)47-32-52(65-59(42(9)10)25-19-26-60(65)43(11)12)35-53(33-47)66-61(44(13)14)27-20-28-62(66)45(15)16/h17-45H,1-16H3. The van der Waals surface area contributed by atoms with Crippen molar-refractivity contribution in [2.75, 3.05) is 0 Å². The molecule has 7 aromatic rings. The zero-order chi connectivity index (χ0) is 49.3. The second-order valence-electron chi connectivity index (χ2n) is 21.9. The summed E-state index contributed by atoms with van der Waals surface area (Å²) in [5, 5.41) is 0. The Balaban J connectivity index is 1.60. The third-order valence-corrected chi connectivity index (χ3v) is 17.7. The first-order valence-corrected chi connectivity index (χ1v) is 31.7. The molecule has 0 saturated carbocycles. The van der Waals surface area contributed by atoms with Gasteiger partial charge in [0.25, 0.3) is 0 Å². The van der Waals surface area contributed by atoms with Gasteiger partial charge in [-0.1, -0.05) is 0 Å². The maximum atomic E-state index is 2.64. The fraction of sp³-hybridized carbons (Fsp3) is 0.364. The minimum absolute atomic E-state index is 0.248. The molecule has 354 valence electrons. The Bertz CT molecular complexity index is 2440. The molecule has 0 fully saturated rings. The Hall–Kier alpha value is -4.21. The second-order valence-corrected chi connectivity index (χ2v) is 25.5. The Morgan fingerprint density at radius 1 is 0.250 bits per heavy atom. The van der Waals surface area contributed by atoms with Crippen LogP contribution in [0.4, 0.5) is 0 Å². The summed E-state index contributed by atoms with van der Waals surface area (Å²) in [6.45, 7) is 37.7. The molecule has 0 aromatic heterocycles. The van der Waals surface area contributed by atoms with Crippen LogP contribution in [-0.4, -0.2) is 11.7 Å². The minimum atomic E-state index is 0.248. The molecule has 0 atom stereocenters. The SMILES string of the molecule is CC(C)c1cccc(C(C)C)c1-c1cc(-c2cc([Se]I)cc(-c3cc(-c4c(C(C)C)cccc4C(C)C)cc(-c4c(C(C)C)cccc4C(C)C)c3)c2)cc(-c2c(C(C)C)cccc2C(C)C)c1. The summed E-state index contributed by atoms with van der Waals surface area (Å²) in [6.07, 6.45) is 0. The van der Waals surface area contributed by atoms with Gasteiger partial charge in [0.05, 0.1) is 0 Å². The van der Waals surface area contributed by atoms with Crippen LogP contribution in [0.25, 0.3) is 66.8 Å². The second kappa shape index (κ2) is 21.8. The molecule has 0 nitrogen and oxygen atoms in total. The summed E-state index contributed by atoms with van der Waals surface area (Å²) >= 11 is 2.89. The van der Waals surface area contributed by atoms with Crippen LogP contribution in [0.3, 0.4) is 0 Å². The van der Waals surface area contributed by atoms with Gasteiger partial charge in [0, 0.05) is 0 Å². The molecule has 0 radical (unpaired) electrons. The van der Waals surface area contributed by atoms with Crippen LogP contribution in [0.1, 0.15) is 203 Å². The monoisotopic (exact) mass is 1080 g/mol. The third kappa shape index (κ3) is 10.7. The molecule has 0 N–H and O–H groups in total. The van der Waals surface area contributed by atoms with Gasteiger partial charge < -0.3 is 0 Å². The zero-order valence-corrected chi connectivity index (χ0v) is 47.9. The van der Waals surface area contributed by atoms with Crippen molar-refractivity contribution in [2.45, 2.75) is 158 Å². The molecule has 7 aromatic carbocycles. The van der Waals surface area contributed by atoms with Crippen LogP contribution in [0.5, 0.6) is 0 Å². The molecule has 0 aliphatic carbocycles. The van der Waals surface area contributed by atoms with Crippen molar-refractivity contribution in [3.05, 3.63) is 172 Å². The van der Waals surface area contributed by atoms with E-state index < -0.39 is 0 Å². The van der Waals surface area contributed by atoms with Gasteiger partial charge >= 0.3 is 433 Å². The van der Waals surface area contributed by atoms with E-state index in [1.54, 1.807) is 0 Å². The molecular weight excluding hydrogens is 999 g/mol. The molecule has 0 saturated heterocycles. The Labute approximate surface area is 430 Å². The molecule has 7 rings (SSSR count). The van der Waals surface area contributed by atoms with E-state index in [2.05, 4.69) is 259 Å². The Kier molecular flexibility index (Phi) is 16.6. The van der Waals surface area contributed by atoms with Crippen molar-refractivity contribution >= 4 is 36.5 Å². The Morgan fingerprint density at radius 2 is 0.412 bits per heavy atom. The van der Waals surface area contributed by atoms with Crippen LogP contribution in [0, 0.1) is 0 Å². The van der Waals surface area contributed by atoms with Gasteiger partial charge in [0.2, 0.25) is 0 Å². The molecule has 0 spiro atoms. The van der Waals surface area contributed by atoms with E-state index >= 15 is 0 Å². The molecule has 0 heterocycles. The van der Waals surface area contributed by atoms with E-state index in [0.29, 0.717) is 47.3 Å². The number of rotatable bonds is 15. The zero-order valence-electron chi connectivity index (χ0n) is 44.0. The van der Waals surface area contributed by atoms with E-state index in [-0.39, 0.29) is 11.7 Å². The van der Waals surface area contributed by atoms with E-state index in [9.17, 15) is 0 Å². The normalized spacial score (nSPS) is 12.1. The van der Waals surface area contributed by atoms with Crippen LogP contribution >= 0.6 is 20.3 Å². The number of hydrogen-bond acceptors (Lipinski definition) is 0. The van der Waals surface area contributed by atoms with Crippen molar-refractivity contribution in [2.24, 2.45) is 0 Å². The van der Waals surface area contributed by atoms with Crippen LogP contribution in [-0.2, 0) is 0 Å². The van der Waals surface area contributed by atoms with Gasteiger partial charge in [-0.3, -0.25) is 0 Å². The molecule has 0 aliphatic rings. The summed E-state index contributed by atoms with van der Waals surface area (Å²) in [4.78, 5) is 0. The number of halogens is 1. The van der Waals surface area contributed by atoms with Crippen molar-refractivity contribution in [1.82, 2.24) is 0 Å². The first-order valence-electron chi connectivity index (χ1n) is 25.6. The summed E-state index contributed by atoms with van der Waals surface area (Å²) in [5.41, 5.74) is 27.3. The maximum absolute atomic E-state index is 2.64. The van der Waals surface area contributed by atoms with E-state index in [0.717, 1.165) is 0 Å². The van der Waals surface area contributed by atoms with Gasteiger partial charge in [-0.25, -0.2) is 0 Å². The predicted molar refractivity (Wildman–Crippen MR) is 311 cm³/mol. The van der Waals surface area contributed by atoms with Crippen molar-refractivity contribution in [3.63, 3.8) is 0 Å². The number of benzene rings is 7. The van der Waals surface area contributed by atoms with E-state index in [4.69, 9.17) is 0 Å². The molecule has 0 amide bonds. The fourth-order valence-corrected chi connectivity index (χ4v) is 12.7. The summed E-state index contributed by atoms with van der Waals surface area (Å²) in [5.74, 6) is 3.09. The Morgan fingerprint density at radius 3 is 0.588 bits per heavy atom. The first kappa shape index (κ1) is 51.6. The van der Waals surface area contributed by atoms with Gasteiger partial charge in [0.15, 0.2) is 0 Å².